The predicted octanol–water partition coefficient (Wildman–Crippen LogP) is 3.19. The molecule has 18 heavy (non-hydrogen) atoms. The Morgan fingerprint density at radius 2 is 2.33 bits per heavy atom. The van der Waals surface area contributed by atoms with Crippen molar-refractivity contribution in [1.82, 2.24) is 0 Å². The Balaban J connectivity index is 2.12. The highest BCUT2D eigenvalue weighted by Crippen LogP contribution is 2.35. The number of nitro groups is 1. The number of hydrogen-bond acceptors (Lipinski definition) is 4. The van der Waals surface area contributed by atoms with Crippen molar-refractivity contribution >= 4 is 27.3 Å². The smallest absolute Gasteiger partial charge is 0.285 e. The minimum Gasteiger partial charge on any atom is -0.383 e. The van der Waals surface area contributed by atoms with Crippen LogP contribution in [0.1, 0.15) is 12.8 Å². The number of nitrogens with one attached hydrogen (secondary N) is 1. The van der Waals surface area contributed by atoms with Gasteiger partial charge in [-0.25, -0.2) is 0 Å². The van der Waals surface area contributed by atoms with Crippen LogP contribution in [0.5, 0.6) is 0 Å². The van der Waals surface area contributed by atoms with Gasteiger partial charge in [-0.05, 0) is 46.8 Å². The molecule has 0 radical (unpaired) electrons. The van der Waals surface area contributed by atoms with Crippen LogP contribution in [0, 0.1) is 16.0 Å². The van der Waals surface area contributed by atoms with E-state index in [0.29, 0.717) is 17.0 Å². The minimum absolute atomic E-state index is 0.0759. The van der Waals surface area contributed by atoms with Crippen molar-refractivity contribution in [3.05, 3.63) is 32.8 Å². The van der Waals surface area contributed by atoms with Gasteiger partial charge in [-0.1, -0.05) is 0 Å². The van der Waals surface area contributed by atoms with E-state index in [2.05, 4.69) is 21.2 Å². The van der Waals surface area contributed by atoms with Crippen molar-refractivity contribution in [3.8, 4) is 0 Å². The van der Waals surface area contributed by atoms with Crippen molar-refractivity contribution < 1.29 is 9.66 Å². The Bertz CT molecular complexity index is 449. The third-order valence-electron chi connectivity index (χ3n) is 3.03. The van der Waals surface area contributed by atoms with E-state index in [-0.39, 0.29) is 11.7 Å². The van der Waals surface area contributed by atoms with E-state index in [1.54, 1.807) is 19.2 Å². The second-order valence-electron chi connectivity index (χ2n) is 4.47. The molecule has 1 aromatic carbocycles. The number of benzene rings is 1. The summed E-state index contributed by atoms with van der Waals surface area (Å²) in [6.07, 6.45) is 2.39. The Morgan fingerprint density at radius 3 is 2.89 bits per heavy atom. The topological polar surface area (TPSA) is 64.4 Å². The van der Waals surface area contributed by atoms with Gasteiger partial charge in [-0.3, -0.25) is 10.1 Å². The largest absolute Gasteiger partial charge is 0.383 e. The lowest BCUT2D eigenvalue weighted by atomic mass is 10.2. The number of methoxy groups -OCH3 is 1. The molecule has 2 rings (SSSR count). The molecule has 0 saturated heterocycles. The van der Waals surface area contributed by atoms with Crippen LogP contribution in [0.25, 0.3) is 0 Å². The van der Waals surface area contributed by atoms with Crippen molar-refractivity contribution in [2.75, 3.05) is 19.0 Å². The first-order valence-electron chi connectivity index (χ1n) is 5.81. The molecule has 98 valence electrons. The summed E-state index contributed by atoms with van der Waals surface area (Å²) in [5.74, 6) is 0.618. The number of halogens is 1. The van der Waals surface area contributed by atoms with Gasteiger partial charge >= 0.3 is 0 Å². The molecule has 1 aromatic rings. The molecule has 0 bridgehead atoms. The maximum absolute atomic E-state index is 10.9. The number of ether oxygens (including phenoxy) is 1. The summed E-state index contributed by atoms with van der Waals surface area (Å²) in [5, 5.41) is 14.2. The van der Waals surface area contributed by atoms with Crippen LogP contribution in [-0.2, 0) is 4.74 Å². The molecular weight excluding hydrogens is 300 g/mol. The van der Waals surface area contributed by atoms with Crippen LogP contribution in [0.15, 0.2) is 22.7 Å². The van der Waals surface area contributed by atoms with Gasteiger partial charge in [0.15, 0.2) is 0 Å². The zero-order chi connectivity index (χ0) is 13.1. The van der Waals surface area contributed by atoms with E-state index in [9.17, 15) is 10.1 Å². The maximum Gasteiger partial charge on any atom is 0.285 e. The summed E-state index contributed by atoms with van der Waals surface area (Å²) < 4.78 is 5.67. The van der Waals surface area contributed by atoms with E-state index in [4.69, 9.17) is 4.74 Å². The third-order valence-corrected chi connectivity index (χ3v) is 3.70. The van der Waals surface area contributed by atoms with Crippen LogP contribution in [0.2, 0.25) is 0 Å². The summed E-state index contributed by atoms with van der Waals surface area (Å²) in [6.45, 7) is 0.620. The molecule has 1 unspecified atom stereocenters. The Labute approximate surface area is 114 Å². The van der Waals surface area contributed by atoms with E-state index in [1.165, 1.54) is 12.8 Å². The van der Waals surface area contributed by atoms with E-state index >= 15 is 0 Å². The van der Waals surface area contributed by atoms with Gasteiger partial charge in [0.05, 0.1) is 22.0 Å². The number of anilines is 1. The SMILES string of the molecule is COCC(Nc1ccc(Br)c([N+](=O)[O-])c1)C1CC1. The van der Waals surface area contributed by atoms with Crippen LogP contribution in [-0.4, -0.2) is 24.7 Å². The molecule has 1 aliphatic carbocycles. The average Bonchev–Trinajstić information content (AvgIpc) is 3.14. The fourth-order valence-electron chi connectivity index (χ4n) is 1.93. The lowest BCUT2D eigenvalue weighted by molar-refractivity contribution is -0.385. The molecule has 0 heterocycles. The highest BCUT2D eigenvalue weighted by molar-refractivity contribution is 9.10. The number of nitro benzene ring substituents is 1. The van der Waals surface area contributed by atoms with Crippen LogP contribution in [0.4, 0.5) is 11.4 Å². The molecule has 0 aliphatic heterocycles. The van der Waals surface area contributed by atoms with Gasteiger partial charge in [0.2, 0.25) is 0 Å². The van der Waals surface area contributed by atoms with E-state index < -0.39 is 4.92 Å². The minimum atomic E-state index is -0.391. The zero-order valence-electron chi connectivity index (χ0n) is 10.1. The normalized spacial score (nSPS) is 16.3. The van der Waals surface area contributed by atoms with E-state index in [0.717, 1.165) is 5.69 Å². The highest BCUT2D eigenvalue weighted by atomic mass is 79.9. The summed E-state index contributed by atoms with van der Waals surface area (Å²) >= 11 is 3.18. The van der Waals surface area contributed by atoms with Crippen molar-refractivity contribution in [2.45, 2.75) is 18.9 Å². The monoisotopic (exact) mass is 314 g/mol. The lowest BCUT2D eigenvalue weighted by Gasteiger charge is -2.18. The second kappa shape index (κ2) is 5.67. The van der Waals surface area contributed by atoms with Gasteiger partial charge in [0, 0.05) is 18.9 Å². The quantitative estimate of drug-likeness (QED) is 0.647. The maximum atomic E-state index is 10.9. The van der Waals surface area contributed by atoms with Gasteiger partial charge < -0.3 is 10.1 Å². The molecule has 0 amide bonds. The predicted molar refractivity (Wildman–Crippen MR) is 72.8 cm³/mol. The molecule has 1 N–H and O–H groups in total. The molecule has 1 saturated carbocycles. The van der Waals surface area contributed by atoms with Gasteiger partial charge in [0.25, 0.3) is 5.69 Å². The van der Waals surface area contributed by atoms with Crippen LogP contribution >= 0.6 is 15.9 Å². The molecule has 1 aliphatic rings. The molecule has 1 atom stereocenters. The van der Waals surface area contributed by atoms with Crippen molar-refractivity contribution in [3.63, 3.8) is 0 Å². The standard InChI is InChI=1S/C12H15BrN2O3/c1-18-7-11(8-2-3-8)14-9-4-5-10(13)12(6-9)15(16)17/h4-6,8,11,14H,2-3,7H2,1H3. The Hall–Kier alpha value is -1.14. The average molecular weight is 315 g/mol. The zero-order valence-corrected chi connectivity index (χ0v) is 11.6. The number of nitrogens with zero attached hydrogens (tertiary/aromatic N) is 1. The first kappa shape index (κ1) is 13.3. The lowest BCUT2D eigenvalue weighted by Crippen LogP contribution is -2.27. The highest BCUT2D eigenvalue weighted by Gasteiger charge is 2.31. The van der Waals surface area contributed by atoms with E-state index in [1.807, 2.05) is 6.07 Å². The molecule has 1 fully saturated rings. The Morgan fingerprint density at radius 1 is 1.61 bits per heavy atom. The van der Waals surface area contributed by atoms with Gasteiger partial charge in [-0.15, -0.1) is 0 Å². The fraction of sp³-hybridized carbons (Fsp3) is 0.500. The van der Waals surface area contributed by atoms with Gasteiger partial charge in [0.1, 0.15) is 0 Å². The third kappa shape index (κ3) is 3.20. The molecule has 0 aromatic heterocycles. The molecular formula is C12H15BrN2O3. The summed E-state index contributed by atoms with van der Waals surface area (Å²) in [6, 6.07) is 5.31. The summed E-state index contributed by atoms with van der Waals surface area (Å²) in [5.41, 5.74) is 0.839. The summed E-state index contributed by atoms with van der Waals surface area (Å²) in [4.78, 5) is 10.5. The molecule has 0 spiro atoms. The number of rotatable bonds is 6. The van der Waals surface area contributed by atoms with Crippen molar-refractivity contribution in [1.29, 1.82) is 0 Å². The van der Waals surface area contributed by atoms with Crippen molar-refractivity contribution in [2.24, 2.45) is 5.92 Å². The second-order valence-corrected chi connectivity index (χ2v) is 5.32. The number of hydrogen-bond donors (Lipinski definition) is 1. The summed E-state index contributed by atoms with van der Waals surface area (Å²) in [7, 11) is 1.67. The first-order valence-corrected chi connectivity index (χ1v) is 6.60. The first-order chi connectivity index (χ1) is 8.61. The Kier molecular flexibility index (Phi) is 4.19. The van der Waals surface area contributed by atoms with Crippen LogP contribution < -0.4 is 5.32 Å². The molecule has 5 nitrogen and oxygen atoms in total. The van der Waals surface area contributed by atoms with Gasteiger partial charge in [-0.2, -0.15) is 0 Å². The molecule has 6 heteroatoms. The van der Waals surface area contributed by atoms with Crippen LogP contribution in [0.3, 0.4) is 0 Å². The fourth-order valence-corrected chi connectivity index (χ4v) is 2.32.